The first-order valence-electron chi connectivity index (χ1n) is 13.2. The second kappa shape index (κ2) is 17.5. The molecule has 0 bridgehead atoms. The average molecular weight is 858 g/mol. The van der Waals surface area contributed by atoms with Gasteiger partial charge in [-0.05, 0) is 72.7 Å². The molecule has 0 radical (unpaired) electrons. The quantitative estimate of drug-likeness (QED) is 0.112. The van der Waals surface area contributed by atoms with E-state index in [9.17, 15) is 8.42 Å². The van der Waals surface area contributed by atoms with Gasteiger partial charge in [-0.1, -0.05) is 38.7 Å². The molecular formula is C29H33N9O5SU. The molecule has 0 atom stereocenters. The smallest absolute Gasteiger partial charge is 0.493 e. The normalized spacial score (nSPS) is 11.6. The fourth-order valence-electron chi connectivity index (χ4n) is 3.46. The molecule has 0 unspecified atom stereocenters. The molecule has 0 aliphatic heterocycles. The summed E-state index contributed by atoms with van der Waals surface area (Å²) in [4.78, 5) is 17.1. The third-order valence-corrected chi connectivity index (χ3v) is 6.79. The van der Waals surface area contributed by atoms with Crippen LogP contribution in [0.15, 0.2) is 77.5 Å². The van der Waals surface area contributed by atoms with Gasteiger partial charge in [0, 0.05) is 18.2 Å². The summed E-state index contributed by atoms with van der Waals surface area (Å²) in [7, 11) is -2.71. The van der Waals surface area contributed by atoms with Crippen LogP contribution in [0.1, 0.15) is 39.2 Å². The van der Waals surface area contributed by atoms with Gasteiger partial charge >= 0.3 is 31.1 Å². The van der Waals surface area contributed by atoms with E-state index in [4.69, 9.17) is 14.6 Å². The first-order valence-corrected chi connectivity index (χ1v) is 14.7. The summed E-state index contributed by atoms with van der Waals surface area (Å²) in [5, 5.41) is 21.0. The third-order valence-electron chi connectivity index (χ3n) is 5.54. The average Bonchev–Trinajstić information content (AvgIpc) is 3.55. The number of nitrogens with zero attached hydrogens (tertiary/aromatic N) is 7. The van der Waals surface area contributed by atoms with E-state index in [1.54, 1.807) is 44.2 Å². The minimum atomic E-state index is -4.18. The zero-order chi connectivity index (χ0) is 32.3. The van der Waals surface area contributed by atoms with Gasteiger partial charge in [0.15, 0.2) is 16.5 Å². The van der Waals surface area contributed by atoms with E-state index in [-0.39, 0.29) is 77.6 Å². The van der Waals surface area contributed by atoms with Crippen molar-refractivity contribution in [2.75, 3.05) is 18.4 Å². The first-order chi connectivity index (χ1) is 21.0. The number of rotatable bonds is 11. The number of anilines is 1. The van der Waals surface area contributed by atoms with Gasteiger partial charge in [-0.15, -0.1) is 10.2 Å². The molecule has 234 valence electrons. The summed E-state index contributed by atoms with van der Waals surface area (Å²) in [6.07, 6.45) is 9.11. The van der Waals surface area contributed by atoms with E-state index in [1.165, 1.54) is 25.6 Å². The van der Waals surface area contributed by atoms with Crippen molar-refractivity contribution < 1.29 is 54.1 Å². The van der Waals surface area contributed by atoms with E-state index in [1.807, 2.05) is 13.8 Å². The number of pyridine rings is 2. The number of sulfonamides is 1. The molecule has 0 amide bonds. The van der Waals surface area contributed by atoms with Crippen molar-refractivity contribution in [3.63, 3.8) is 0 Å². The third kappa shape index (κ3) is 10.3. The van der Waals surface area contributed by atoms with Gasteiger partial charge in [-0.25, -0.2) is 13.4 Å². The second-order valence-electron chi connectivity index (χ2n) is 9.23. The number of aromatic nitrogens is 8. The molecule has 16 heteroatoms. The summed E-state index contributed by atoms with van der Waals surface area (Å²) in [5.41, 5.74) is 2.51. The Labute approximate surface area is 286 Å². The van der Waals surface area contributed by atoms with Gasteiger partial charge in [0.1, 0.15) is 5.69 Å². The second-order valence-corrected chi connectivity index (χ2v) is 10.9. The number of ether oxygens (including phenoxy) is 2. The van der Waals surface area contributed by atoms with Crippen molar-refractivity contribution >= 4 is 15.8 Å². The number of nitrogens with one attached hydrogen (secondary N) is 2. The fraction of sp³-hybridized carbons (Fsp3) is 0.241. The van der Waals surface area contributed by atoms with Crippen LogP contribution < -0.4 is 9.46 Å². The Morgan fingerprint density at radius 2 is 1.96 bits per heavy atom. The Morgan fingerprint density at radius 3 is 2.51 bits per heavy atom. The van der Waals surface area contributed by atoms with Crippen LogP contribution in [0.2, 0.25) is 0 Å². The van der Waals surface area contributed by atoms with Crippen molar-refractivity contribution in [3.05, 3.63) is 91.2 Å². The van der Waals surface area contributed by atoms with Crippen molar-refractivity contribution in [2.24, 2.45) is 0 Å². The summed E-state index contributed by atoms with van der Waals surface area (Å²) in [6, 6.07) is 6.42. The summed E-state index contributed by atoms with van der Waals surface area (Å²) >= 11 is 0. The van der Waals surface area contributed by atoms with E-state index < -0.39 is 10.0 Å². The summed E-state index contributed by atoms with van der Waals surface area (Å²) in [6.45, 7) is 14.4. The van der Waals surface area contributed by atoms with Gasteiger partial charge in [0.2, 0.25) is 5.82 Å². The molecule has 0 aromatic carbocycles. The minimum Gasteiger partial charge on any atom is -0.493 e. The van der Waals surface area contributed by atoms with Gasteiger partial charge in [0.05, 0.1) is 18.7 Å². The zero-order valence-corrected chi connectivity index (χ0v) is 30.4. The van der Waals surface area contributed by atoms with E-state index in [0.29, 0.717) is 22.6 Å². The SMILES string of the molecule is C=C(C)/C=C(OC)\C(=C/C)Oc1[c-]nc(-c2ccnc(-c3nn[nH]n3)c2)nc1NS(=O)(=O)c1ccc(C(C)C)cn1.[CH2-]CO.[U+2]. The largest absolute Gasteiger partial charge is 2.00 e. The van der Waals surface area contributed by atoms with Gasteiger partial charge in [0.25, 0.3) is 10.0 Å². The first kappa shape index (κ1) is 37.2. The molecule has 4 rings (SSSR count). The number of aromatic amines is 1. The maximum absolute atomic E-state index is 13.4. The van der Waals surface area contributed by atoms with E-state index in [0.717, 1.165) is 5.56 Å². The maximum atomic E-state index is 13.4. The van der Waals surface area contributed by atoms with Crippen LogP contribution in [0.3, 0.4) is 0 Å². The van der Waals surface area contributed by atoms with Crippen LogP contribution in [0.4, 0.5) is 5.82 Å². The standard InChI is InChI=1S/C27H28N9O4S.C2H5O.U/c1-7-21(22(39-6)12-16(2)3)40-23-15-30-25(18-10-11-28-20(13-18)26-32-35-36-33-26)31-27(23)34-41(37,38)24-9-8-19(14-29-24)17(4)5;1-2-3;/h7-14,17H,2H2,1,3-6H3,(H,30,31,34)(H,32,33,35,36);3H,1-2H2;/q2*-1;+2/b21-7+,22-12+;;. The Hall–Kier alpha value is -3.97. The number of methoxy groups -OCH3 is 1. The Bertz CT molecular complexity index is 1730. The topological polar surface area (TPSA) is 191 Å². The summed E-state index contributed by atoms with van der Waals surface area (Å²) < 4.78 is 40.7. The number of tetrazole rings is 1. The molecule has 0 aliphatic carbocycles. The van der Waals surface area contributed by atoms with Gasteiger partial charge in [-0.3, -0.25) is 4.98 Å². The maximum Gasteiger partial charge on any atom is 2.00 e. The van der Waals surface area contributed by atoms with Crippen molar-refractivity contribution in [2.45, 2.75) is 38.6 Å². The molecule has 0 fully saturated rings. The minimum absolute atomic E-state index is 0. The molecule has 0 saturated heterocycles. The molecule has 14 nitrogen and oxygen atoms in total. The van der Waals surface area contributed by atoms with Crippen LogP contribution in [0.25, 0.3) is 22.9 Å². The number of aliphatic hydroxyl groups excluding tert-OH is 1. The van der Waals surface area contributed by atoms with Crippen molar-refractivity contribution in [1.82, 2.24) is 40.6 Å². The monoisotopic (exact) mass is 857 g/mol. The van der Waals surface area contributed by atoms with Crippen molar-refractivity contribution in [1.29, 1.82) is 0 Å². The van der Waals surface area contributed by atoms with Gasteiger partial charge < -0.3 is 36.2 Å². The van der Waals surface area contributed by atoms with Crippen LogP contribution in [-0.2, 0) is 14.8 Å². The Kier molecular flexibility index (Phi) is 14.5. The molecule has 4 aromatic rings. The molecule has 4 aromatic heterocycles. The van der Waals surface area contributed by atoms with Crippen LogP contribution in [-0.4, -0.2) is 67.8 Å². The molecular weight excluding hydrogens is 824 g/mol. The predicted molar refractivity (Wildman–Crippen MR) is 163 cm³/mol. The van der Waals surface area contributed by atoms with E-state index >= 15 is 0 Å². The molecule has 0 saturated carbocycles. The number of hydrogen-bond acceptors (Lipinski definition) is 12. The van der Waals surface area contributed by atoms with Crippen LogP contribution in [0, 0.1) is 44.2 Å². The summed E-state index contributed by atoms with van der Waals surface area (Å²) in [5.74, 6) is 0.945. The Balaban J connectivity index is 0.00000169. The van der Waals surface area contributed by atoms with Crippen molar-refractivity contribution in [3.8, 4) is 28.7 Å². The fourth-order valence-corrected chi connectivity index (χ4v) is 4.39. The molecule has 3 N–H and O–H groups in total. The molecule has 4 heterocycles. The molecule has 0 aliphatic rings. The van der Waals surface area contributed by atoms with Gasteiger partial charge in [-0.2, -0.15) is 5.21 Å². The van der Waals surface area contributed by atoms with Crippen LogP contribution >= 0.6 is 0 Å². The van der Waals surface area contributed by atoms with Crippen LogP contribution in [0.5, 0.6) is 5.75 Å². The number of hydrogen-bond donors (Lipinski definition) is 3. The molecule has 0 spiro atoms. The predicted octanol–water partition coefficient (Wildman–Crippen LogP) is 4.04. The molecule has 45 heavy (non-hydrogen) atoms. The number of aliphatic hydroxyl groups is 1. The number of H-pyrrole nitrogens is 1. The van der Waals surface area contributed by atoms with E-state index in [2.05, 4.69) is 65.0 Å². The number of allylic oxidation sites excluding steroid dienone is 3. The zero-order valence-electron chi connectivity index (χ0n) is 25.4. The Morgan fingerprint density at radius 1 is 1.22 bits per heavy atom.